The van der Waals surface area contributed by atoms with Crippen molar-refractivity contribution >= 4 is 55.8 Å². The van der Waals surface area contributed by atoms with Crippen molar-refractivity contribution in [3.63, 3.8) is 0 Å². The van der Waals surface area contributed by atoms with Gasteiger partial charge in [0.2, 0.25) is 0 Å². The van der Waals surface area contributed by atoms with E-state index in [0.29, 0.717) is 29.1 Å². The fourth-order valence-electron chi connectivity index (χ4n) is 4.16. The summed E-state index contributed by atoms with van der Waals surface area (Å²) in [5.74, 6) is -0.684. The lowest BCUT2D eigenvalue weighted by Gasteiger charge is -2.38. The molecule has 1 fully saturated rings. The molecule has 1 aromatic carbocycles. The lowest BCUT2D eigenvalue weighted by atomic mass is 9.89. The molecule has 5 rings (SSSR count). The second kappa shape index (κ2) is 7.62. The minimum atomic E-state index is -0.712. The molecular formula is C21H21N7O2S. The van der Waals surface area contributed by atoms with Crippen LogP contribution in [-0.4, -0.2) is 43.4 Å². The van der Waals surface area contributed by atoms with Crippen LogP contribution in [-0.2, 0) is 9.59 Å². The smallest absolute Gasteiger partial charge is 0.314 e. The van der Waals surface area contributed by atoms with Crippen molar-refractivity contribution in [1.29, 1.82) is 0 Å². The molecule has 4 aromatic rings. The van der Waals surface area contributed by atoms with Gasteiger partial charge in [-0.15, -0.1) is 11.3 Å². The first-order valence-corrected chi connectivity index (χ1v) is 10.9. The van der Waals surface area contributed by atoms with Gasteiger partial charge >= 0.3 is 11.8 Å². The summed E-state index contributed by atoms with van der Waals surface area (Å²) in [6.07, 6.45) is 4.81. The molecule has 10 heteroatoms. The van der Waals surface area contributed by atoms with Gasteiger partial charge in [0.25, 0.3) is 0 Å². The number of rotatable bonds is 2. The van der Waals surface area contributed by atoms with Gasteiger partial charge in [-0.1, -0.05) is 13.0 Å². The highest BCUT2D eigenvalue weighted by Crippen LogP contribution is 2.35. The van der Waals surface area contributed by atoms with Gasteiger partial charge in [-0.25, -0.2) is 4.98 Å². The van der Waals surface area contributed by atoms with Crippen LogP contribution >= 0.6 is 11.3 Å². The molecule has 1 aliphatic heterocycles. The molecule has 2 amide bonds. The summed E-state index contributed by atoms with van der Waals surface area (Å²) in [6.45, 7) is 2.61. The monoisotopic (exact) mass is 435 g/mol. The van der Waals surface area contributed by atoms with Crippen molar-refractivity contribution in [3.8, 4) is 0 Å². The molecule has 4 heterocycles. The zero-order valence-corrected chi connectivity index (χ0v) is 17.6. The molecule has 0 radical (unpaired) electrons. The molecule has 1 saturated heterocycles. The van der Waals surface area contributed by atoms with Crippen molar-refractivity contribution in [1.82, 2.24) is 25.1 Å². The molecule has 0 spiro atoms. The Labute approximate surface area is 181 Å². The highest BCUT2D eigenvalue weighted by Gasteiger charge is 2.34. The number of aromatic nitrogens is 4. The number of hydrogen-bond acceptors (Lipinski definition) is 7. The third-order valence-electron chi connectivity index (χ3n) is 5.77. The molecule has 31 heavy (non-hydrogen) atoms. The lowest BCUT2D eigenvalue weighted by molar-refractivity contribution is -0.146. The van der Waals surface area contributed by atoms with Gasteiger partial charge in [0, 0.05) is 12.7 Å². The highest BCUT2D eigenvalue weighted by molar-refractivity contribution is 7.16. The largest absolute Gasteiger partial charge is 0.382 e. The number of pyridine rings is 1. The summed E-state index contributed by atoms with van der Waals surface area (Å²) in [5.41, 5.74) is 10.4. The first kappa shape index (κ1) is 19.4. The number of anilines is 2. The number of carbonyl (C=O) groups excluding carboxylic acids is 2. The summed E-state index contributed by atoms with van der Waals surface area (Å²) in [4.78, 5) is 36.3. The number of nitrogens with two attached hydrogens (primary N) is 1. The number of nitrogen functional groups attached to an aromatic ring is 1. The van der Waals surface area contributed by atoms with Gasteiger partial charge < -0.3 is 16.0 Å². The van der Waals surface area contributed by atoms with E-state index < -0.39 is 11.8 Å². The average Bonchev–Trinajstić information content (AvgIpc) is 3.40. The van der Waals surface area contributed by atoms with Crippen molar-refractivity contribution in [3.05, 3.63) is 41.7 Å². The summed E-state index contributed by atoms with van der Waals surface area (Å²) >= 11 is 1.58. The number of aromatic amines is 1. The number of nitrogens with one attached hydrogen (secondary N) is 2. The SMILES string of the molecule is CC1CCC(c2ccc3scnc3c2)N(C(=O)C(=O)Nc2cncc3c(N)n[nH]c23)C1. The molecule has 2 atom stereocenters. The third-order valence-corrected chi connectivity index (χ3v) is 6.58. The number of fused-ring (bicyclic) bond motifs is 2. The first-order chi connectivity index (χ1) is 15.0. The van der Waals surface area contributed by atoms with E-state index in [1.54, 1.807) is 22.4 Å². The van der Waals surface area contributed by atoms with Crippen LogP contribution in [0.3, 0.4) is 0 Å². The van der Waals surface area contributed by atoms with E-state index in [9.17, 15) is 9.59 Å². The number of H-pyrrole nitrogens is 1. The Kier molecular flexibility index (Phi) is 4.78. The van der Waals surface area contributed by atoms with Gasteiger partial charge in [0.15, 0.2) is 5.82 Å². The molecule has 0 aliphatic carbocycles. The topological polar surface area (TPSA) is 130 Å². The average molecular weight is 436 g/mol. The molecule has 0 saturated carbocycles. The van der Waals surface area contributed by atoms with E-state index in [1.807, 2.05) is 23.7 Å². The zero-order valence-electron chi connectivity index (χ0n) is 16.8. The maximum absolute atomic E-state index is 13.2. The van der Waals surface area contributed by atoms with Crippen LogP contribution in [0.2, 0.25) is 0 Å². The Balaban J connectivity index is 1.42. The van der Waals surface area contributed by atoms with Crippen molar-refractivity contribution in [2.75, 3.05) is 17.6 Å². The lowest BCUT2D eigenvalue weighted by Crippen LogP contribution is -2.46. The molecule has 158 valence electrons. The zero-order chi connectivity index (χ0) is 21.5. The van der Waals surface area contributed by atoms with E-state index in [0.717, 1.165) is 28.6 Å². The Bertz CT molecular complexity index is 1300. The minimum Gasteiger partial charge on any atom is -0.382 e. The maximum Gasteiger partial charge on any atom is 0.314 e. The predicted octanol–water partition coefficient (Wildman–Crippen LogP) is 3.09. The second-order valence-corrected chi connectivity index (χ2v) is 8.79. The molecule has 9 nitrogen and oxygen atoms in total. The molecule has 3 aromatic heterocycles. The van der Waals surface area contributed by atoms with E-state index in [2.05, 4.69) is 32.4 Å². The molecule has 1 aliphatic rings. The van der Waals surface area contributed by atoms with Crippen LogP contribution in [0.15, 0.2) is 36.1 Å². The molecule has 4 N–H and O–H groups in total. The standard InChI is InChI=1S/C21H21N7O2S/c1-11-2-4-16(12-3-5-17-14(6-12)24-10-31-17)28(9-11)21(30)20(29)25-15-8-23-7-13-18(15)26-27-19(13)22/h3,5-8,10-11,16H,2,4,9H2,1H3,(H,25,29)(H3,22,26,27). The Hall–Kier alpha value is -3.53. The van der Waals surface area contributed by atoms with E-state index in [-0.39, 0.29) is 11.9 Å². The maximum atomic E-state index is 13.2. The van der Waals surface area contributed by atoms with E-state index in [1.165, 1.54) is 6.20 Å². The quantitative estimate of drug-likeness (QED) is 0.415. The number of thiazole rings is 1. The van der Waals surface area contributed by atoms with Crippen LogP contribution in [0.25, 0.3) is 21.1 Å². The number of likely N-dealkylation sites (tertiary alicyclic amines) is 1. The summed E-state index contributed by atoms with van der Waals surface area (Å²) in [7, 11) is 0. The van der Waals surface area contributed by atoms with Gasteiger partial charge in [-0.3, -0.25) is 19.7 Å². The Morgan fingerprint density at radius 3 is 3.03 bits per heavy atom. The Morgan fingerprint density at radius 2 is 2.16 bits per heavy atom. The van der Waals surface area contributed by atoms with Crippen LogP contribution in [0.5, 0.6) is 0 Å². The number of benzene rings is 1. The summed E-state index contributed by atoms with van der Waals surface area (Å²) < 4.78 is 1.10. The van der Waals surface area contributed by atoms with E-state index in [4.69, 9.17) is 5.73 Å². The summed E-state index contributed by atoms with van der Waals surface area (Å²) in [5, 5.41) is 9.98. The van der Waals surface area contributed by atoms with Crippen molar-refractivity contribution in [2.45, 2.75) is 25.8 Å². The van der Waals surface area contributed by atoms with Gasteiger partial charge in [0.05, 0.1) is 44.6 Å². The van der Waals surface area contributed by atoms with E-state index >= 15 is 0 Å². The number of carbonyl (C=O) groups is 2. The van der Waals surface area contributed by atoms with Crippen molar-refractivity contribution < 1.29 is 9.59 Å². The van der Waals surface area contributed by atoms with Crippen molar-refractivity contribution in [2.24, 2.45) is 5.92 Å². The second-order valence-electron chi connectivity index (χ2n) is 7.91. The van der Waals surface area contributed by atoms with Crippen LogP contribution in [0.1, 0.15) is 31.4 Å². The molecule has 0 bridgehead atoms. The fraction of sp³-hybridized carbons (Fsp3) is 0.286. The number of nitrogens with zero attached hydrogens (tertiary/aromatic N) is 4. The number of amides is 2. The highest BCUT2D eigenvalue weighted by atomic mass is 32.1. The first-order valence-electron chi connectivity index (χ1n) is 10.0. The minimum absolute atomic E-state index is 0.169. The van der Waals surface area contributed by atoms with Gasteiger partial charge in [-0.05, 0) is 36.5 Å². The van der Waals surface area contributed by atoms with Gasteiger partial charge in [0.1, 0.15) is 0 Å². The number of piperidine rings is 1. The third kappa shape index (κ3) is 3.48. The normalized spacial score (nSPS) is 19.1. The van der Waals surface area contributed by atoms with Crippen LogP contribution in [0, 0.1) is 5.92 Å². The van der Waals surface area contributed by atoms with Crippen LogP contribution in [0.4, 0.5) is 11.5 Å². The Morgan fingerprint density at radius 1 is 1.29 bits per heavy atom. The van der Waals surface area contributed by atoms with Gasteiger partial charge in [-0.2, -0.15) is 5.10 Å². The summed E-state index contributed by atoms with van der Waals surface area (Å²) in [6, 6.07) is 5.90. The molecule has 2 unspecified atom stereocenters. The number of hydrogen-bond donors (Lipinski definition) is 3. The molecular weight excluding hydrogens is 414 g/mol. The van der Waals surface area contributed by atoms with Crippen LogP contribution < -0.4 is 11.1 Å². The fourth-order valence-corrected chi connectivity index (χ4v) is 4.82. The predicted molar refractivity (Wildman–Crippen MR) is 119 cm³/mol.